The molecule has 6 heteroatoms. The molecule has 7 rings (SSSR count). The molecule has 1 N–H and O–H groups in total. The number of fused-ring (bicyclic) bond motifs is 8. The first-order valence-corrected chi connectivity index (χ1v) is 19.4. The van der Waals surface area contributed by atoms with E-state index in [0.29, 0.717) is 15.1 Å². The number of aryl methyl sites for hydroxylation is 2. The number of nitrogens with zero attached hydrogens (tertiary/aromatic N) is 2. The van der Waals surface area contributed by atoms with Crippen molar-refractivity contribution in [2.24, 2.45) is 0 Å². The van der Waals surface area contributed by atoms with Crippen LogP contribution in [0, 0.1) is 6.92 Å². The minimum absolute atomic E-state index is 0.473. The second kappa shape index (κ2) is 15.1. The highest BCUT2D eigenvalue weighted by Crippen LogP contribution is 2.62. The summed E-state index contributed by atoms with van der Waals surface area (Å²) in [6.45, 7) is 25.2. The van der Waals surface area contributed by atoms with Crippen LogP contribution in [0.25, 0.3) is 5.57 Å². The zero-order valence-electron chi connectivity index (χ0n) is 30.2. The first-order chi connectivity index (χ1) is 23.2. The molecule has 48 heavy (non-hydrogen) atoms. The standard InChI is InChI=1S/C38H42Cl3N3.2C2H6/c1-6-43-13-8-11-25-17-29-27(19-31(25)43)16-28-20-32-26(12-9-15-44(32)14-7-10-23(3)42-5)18-30(28)38(29)21-22(2)33-34(38)37(41)36(40)24(4)35(33)39;2*1-2/h17-20,42H,2-3,6-16,21H2,1,4-5H3;2*1-2H3. The molecule has 2 aliphatic heterocycles. The van der Waals surface area contributed by atoms with E-state index in [0.717, 1.165) is 99.1 Å². The molecule has 0 aromatic heterocycles. The van der Waals surface area contributed by atoms with Crippen molar-refractivity contribution < 1.29 is 0 Å². The summed E-state index contributed by atoms with van der Waals surface area (Å²) in [6, 6.07) is 10.0. The molecule has 4 aliphatic rings. The van der Waals surface area contributed by atoms with Gasteiger partial charge in [-0.1, -0.05) is 87.8 Å². The van der Waals surface area contributed by atoms with Crippen LogP contribution in [0.4, 0.5) is 11.4 Å². The van der Waals surface area contributed by atoms with Crippen molar-refractivity contribution in [2.75, 3.05) is 43.0 Å². The molecule has 0 radical (unpaired) electrons. The second-order valence-electron chi connectivity index (χ2n) is 13.2. The van der Waals surface area contributed by atoms with Crippen molar-refractivity contribution in [3.8, 4) is 0 Å². The van der Waals surface area contributed by atoms with E-state index < -0.39 is 5.41 Å². The number of hydrogen-bond acceptors (Lipinski definition) is 3. The average molecular weight is 707 g/mol. The Morgan fingerprint density at radius 1 is 0.833 bits per heavy atom. The van der Waals surface area contributed by atoms with Crippen LogP contribution in [-0.4, -0.2) is 33.2 Å². The molecule has 3 aromatic rings. The Morgan fingerprint density at radius 3 is 1.96 bits per heavy atom. The summed E-state index contributed by atoms with van der Waals surface area (Å²) in [5.41, 5.74) is 15.7. The lowest BCUT2D eigenvalue weighted by atomic mass is 9.62. The van der Waals surface area contributed by atoms with Crippen molar-refractivity contribution in [2.45, 2.75) is 98.3 Å². The summed E-state index contributed by atoms with van der Waals surface area (Å²) in [6.07, 6.45) is 8.24. The van der Waals surface area contributed by atoms with Gasteiger partial charge in [0, 0.05) is 55.9 Å². The van der Waals surface area contributed by atoms with Gasteiger partial charge in [-0.05, 0) is 127 Å². The normalized spacial score (nSPS) is 18.4. The SMILES string of the molecule is C=C(CCCN1CCCc2cc3c(cc21)Cc1cc2c(cc1C31CC(=C)c3c(Cl)c(C)c(Cl)c(Cl)c31)CCCN2CC)NC.CC.CC. The van der Waals surface area contributed by atoms with E-state index in [1.54, 1.807) is 0 Å². The van der Waals surface area contributed by atoms with E-state index in [9.17, 15) is 0 Å². The van der Waals surface area contributed by atoms with Gasteiger partial charge < -0.3 is 15.1 Å². The van der Waals surface area contributed by atoms with E-state index in [4.69, 9.17) is 34.8 Å². The number of benzene rings is 3. The van der Waals surface area contributed by atoms with Gasteiger partial charge in [-0.25, -0.2) is 0 Å². The molecular weight excluding hydrogens is 653 g/mol. The summed E-state index contributed by atoms with van der Waals surface area (Å²) in [4.78, 5) is 5.14. The third-order valence-electron chi connectivity index (χ3n) is 10.8. The van der Waals surface area contributed by atoms with E-state index >= 15 is 0 Å². The van der Waals surface area contributed by atoms with Gasteiger partial charge in [0.2, 0.25) is 0 Å². The van der Waals surface area contributed by atoms with Crippen molar-refractivity contribution >= 4 is 51.8 Å². The smallest absolute Gasteiger partial charge is 0.0646 e. The highest BCUT2D eigenvalue weighted by Gasteiger charge is 2.51. The van der Waals surface area contributed by atoms with Crippen LogP contribution in [0.2, 0.25) is 15.1 Å². The second-order valence-corrected chi connectivity index (χ2v) is 14.3. The average Bonchev–Trinajstić information content (AvgIpc) is 3.43. The lowest BCUT2D eigenvalue weighted by Crippen LogP contribution is -2.36. The van der Waals surface area contributed by atoms with Gasteiger partial charge in [0.05, 0.1) is 20.5 Å². The Morgan fingerprint density at radius 2 is 1.40 bits per heavy atom. The van der Waals surface area contributed by atoms with Crippen LogP contribution in [-0.2, 0) is 24.7 Å². The summed E-state index contributed by atoms with van der Waals surface area (Å²) < 4.78 is 0. The molecular formula is C42H54Cl3N3. The number of halogens is 3. The van der Waals surface area contributed by atoms with Gasteiger partial charge in [0.25, 0.3) is 0 Å². The topological polar surface area (TPSA) is 18.5 Å². The Labute approximate surface area is 305 Å². The third-order valence-corrected chi connectivity index (χ3v) is 12.2. The van der Waals surface area contributed by atoms with E-state index in [1.165, 1.54) is 51.2 Å². The van der Waals surface area contributed by atoms with Crippen LogP contribution >= 0.6 is 34.8 Å². The van der Waals surface area contributed by atoms with Gasteiger partial charge in [0.15, 0.2) is 0 Å². The molecule has 0 saturated heterocycles. The lowest BCUT2D eigenvalue weighted by molar-refractivity contribution is 0.616. The van der Waals surface area contributed by atoms with Crippen LogP contribution in [0.3, 0.4) is 0 Å². The Kier molecular flexibility index (Phi) is 11.6. The minimum atomic E-state index is -0.473. The number of anilines is 2. The van der Waals surface area contributed by atoms with Crippen LogP contribution in [0.15, 0.2) is 43.1 Å². The Balaban J connectivity index is 0.00000109. The maximum Gasteiger partial charge on any atom is 0.0646 e. The predicted octanol–water partition coefficient (Wildman–Crippen LogP) is 11.7. The molecule has 0 saturated carbocycles. The largest absolute Gasteiger partial charge is 0.392 e. The zero-order valence-corrected chi connectivity index (χ0v) is 32.5. The molecule has 1 unspecified atom stereocenters. The zero-order chi connectivity index (χ0) is 34.9. The summed E-state index contributed by atoms with van der Waals surface area (Å²) in [5, 5.41) is 5.07. The molecule has 0 amide bonds. The molecule has 258 valence electrons. The quantitative estimate of drug-likeness (QED) is 0.257. The minimum Gasteiger partial charge on any atom is -0.392 e. The first-order valence-electron chi connectivity index (χ1n) is 18.2. The maximum atomic E-state index is 7.33. The number of allylic oxidation sites excluding steroid dienone is 2. The molecule has 3 nitrogen and oxygen atoms in total. The van der Waals surface area contributed by atoms with Crippen molar-refractivity contribution in [3.05, 3.63) is 108 Å². The Bertz CT molecular complexity index is 1720. The van der Waals surface area contributed by atoms with Crippen molar-refractivity contribution in [3.63, 3.8) is 0 Å². The molecule has 2 heterocycles. The predicted molar refractivity (Wildman–Crippen MR) is 212 cm³/mol. The van der Waals surface area contributed by atoms with E-state index in [1.807, 2.05) is 41.7 Å². The summed E-state index contributed by atoms with van der Waals surface area (Å²) in [7, 11) is 1.96. The molecule has 1 atom stereocenters. The van der Waals surface area contributed by atoms with Crippen LogP contribution < -0.4 is 15.1 Å². The fraction of sp³-hybridized carbons (Fsp3) is 0.476. The first kappa shape index (κ1) is 36.7. The third kappa shape index (κ3) is 5.96. The summed E-state index contributed by atoms with van der Waals surface area (Å²) in [5.74, 6) is 0. The van der Waals surface area contributed by atoms with Crippen molar-refractivity contribution in [1.82, 2.24) is 5.32 Å². The number of rotatable bonds is 6. The highest BCUT2D eigenvalue weighted by molar-refractivity contribution is 6.45. The van der Waals surface area contributed by atoms with Gasteiger partial charge in [0.1, 0.15) is 0 Å². The number of hydrogen-bond donors (Lipinski definition) is 1. The molecule has 0 bridgehead atoms. The van der Waals surface area contributed by atoms with Gasteiger partial charge in [-0.15, -0.1) is 0 Å². The highest BCUT2D eigenvalue weighted by atomic mass is 35.5. The molecule has 3 aromatic carbocycles. The summed E-state index contributed by atoms with van der Waals surface area (Å²) >= 11 is 21.4. The fourth-order valence-electron chi connectivity index (χ4n) is 8.58. The van der Waals surface area contributed by atoms with Gasteiger partial charge >= 0.3 is 0 Å². The fourth-order valence-corrected chi connectivity index (χ4v) is 9.53. The monoisotopic (exact) mass is 705 g/mol. The maximum absolute atomic E-state index is 7.33. The van der Waals surface area contributed by atoms with Crippen LogP contribution in [0.1, 0.15) is 117 Å². The van der Waals surface area contributed by atoms with Gasteiger partial charge in [-0.2, -0.15) is 0 Å². The molecule has 1 spiro atoms. The lowest BCUT2D eigenvalue weighted by Gasteiger charge is -2.43. The van der Waals surface area contributed by atoms with Gasteiger partial charge in [-0.3, -0.25) is 0 Å². The van der Waals surface area contributed by atoms with Crippen LogP contribution in [0.5, 0.6) is 0 Å². The molecule has 0 fully saturated rings. The van der Waals surface area contributed by atoms with Crippen molar-refractivity contribution in [1.29, 1.82) is 0 Å². The molecule has 2 aliphatic carbocycles. The number of nitrogens with one attached hydrogen (secondary N) is 1. The Hall–Kier alpha value is -2.59. The van der Waals surface area contributed by atoms with E-state index in [2.05, 4.69) is 59.5 Å². The van der Waals surface area contributed by atoms with E-state index in [-0.39, 0.29) is 0 Å².